The van der Waals surface area contributed by atoms with Gasteiger partial charge in [-0.25, -0.2) is 4.79 Å². The summed E-state index contributed by atoms with van der Waals surface area (Å²) in [4.78, 5) is 36.0. The van der Waals surface area contributed by atoms with Gasteiger partial charge in [0.05, 0.1) is 0 Å². The van der Waals surface area contributed by atoms with E-state index in [4.69, 9.17) is 4.74 Å². The molecule has 0 bridgehead atoms. The van der Waals surface area contributed by atoms with E-state index in [1.54, 1.807) is 48.5 Å². The van der Waals surface area contributed by atoms with Crippen LogP contribution in [0.4, 0.5) is 0 Å². The maximum atomic E-state index is 12.4. The van der Waals surface area contributed by atoms with E-state index in [-0.39, 0.29) is 12.2 Å². The van der Waals surface area contributed by atoms with Gasteiger partial charge in [0.25, 0.3) is 0 Å². The average Bonchev–Trinajstić information content (AvgIpc) is 3.23. The van der Waals surface area contributed by atoms with Crippen molar-refractivity contribution in [3.05, 3.63) is 71.3 Å². The van der Waals surface area contributed by atoms with Gasteiger partial charge < -0.3 is 15.2 Å². The highest BCUT2D eigenvalue weighted by atomic mass is 16.5. The molecule has 6 heteroatoms. The highest BCUT2D eigenvalue weighted by molar-refractivity contribution is 6.08. The lowest BCUT2D eigenvalue weighted by Crippen LogP contribution is -2.46. The molecule has 1 amide bonds. The second kappa shape index (κ2) is 8.60. The zero-order valence-electron chi connectivity index (χ0n) is 14.8. The molecule has 2 aromatic rings. The molecule has 27 heavy (non-hydrogen) atoms. The lowest BCUT2D eigenvalue weighted by Gasteiger charge is -2.17. The molecule has 1 heterocycles. The Bertz CT molecular complexity index is 810. The molecule has 2 N–H and O–H groups in total. The van der Waals surface area contributed by atoms with Crippen molar-refractivity contribution in [3.8, 4) is 0 Å². The average molecular weight is 367 g/mol. The molecule has 140 valence electrons. The predicted octanol–water partition coefficient (Wildman–Crippen LogP) is 2.21. The van der Waals surface area contributed by atoms with E-state index >= 15 is 0 Å². The number of carbonyl (C=O) groups excluding carboxylic acids is 2. The topological polar surface area (TPSA) is 92.7 Å². The van der Waals surface area contributed by atoms with E-state index in [1.807, 2.05) is 6.07 Å². The number of aliphatic carboxylic acids is 1. The highest BCUT2D eigenvalue weighted by Gasteiger charge is 2.28. The Morgan fingerprint density at radius 3 is 2.30 bits per heavy atom. The van der Waals surface area contributed by atoms with Crippen LogP contribution in [0.3, 0.4) is 0 Å². The summed E-state index contributed by atoms with van der Waals surface area (Å²) >= 11 is 0. The van der Waals surface area contributed by atoms with Gasteiger partial charge in [0.2, 0.25) is 5.91 Å². The summed E-state index contributed by atoms with van der Waals surface area (Å²) in [6.45, 7) is 0.521. The number of hydrogen-bond donors (Lipinski definition) is 2. The van der Waals surface area contributed by atoms with E-state index in [0.717, 1.165) is 12.0 Å². The number of carboxylic acid groups (broad SMARTS) is 1. The second-order valence-corrected chi connectivity index (χ2v) is 6.50. The molecule has 1 saturated heterocycles. The fourth-order valence-electron chi connectivity index (χ4n) is 3.03. The molecule has 0 aromatic heterocycles. The zero-order chi connectivity index (χ0) is 19.2. The number of benzene rings is 2. The van der Waals surface area contributed by atoms with Crippen LogP contribution in [0.5, 0.6) is 0 Å². The molecule has 0 unspecified atom stereocenters. The quantitative estimate of drug-likeness (QED) is 0.732. The SMILES string of the molecule is O=C(c1ccccc1)c1ccc(C[C@H](NC(=O)[C@@H]2CCCO2)C(=O)O)cc1. The van der Waals surface area contributed by atoms with E-state index < -0.39 is 24.0 Å². The van der Waals surface area contributed by atoms with Crippen LogP contribution in [0.15, 0.2) is 54.6 Å². The van der Waals surface area contributed by atoms with E-state index in [9.17, 15) is 19.5 Å². The molecule has 2 aromatic carbocycles. The van der Waals surface area contributed by atoms with Crippen molar-refractivity contribution in [1.29, 1.82) is 0 Å². The minimum atomic E-state index is -1.11. The van der Waals surface area contributed by atoms with Crippen molar-refractivity contribution in [2.45, 2.75) is 31.4 Å². The van der Waals surface area contributed by atoms with Gasteiger partial charge in [-0.05, 0) is 18.4 Å². The van der Waals surface area contributed by atoms with Gasteiger partial charge in [-0.15, -0.1) is 0 Å². The van der Waals surface area contributed by atoms with Crippen LogP contribution in [-0.4, -0.2) is 41.5 Å². The van der Waals surface area contributed by atoms with Crippen LogP contribution in [0.1, 0.15) is 34.3 Å². The van der Waals surface area contributed by atoms with Crippen molar-refractivity contribution in [3.63, 3.8) is 0 Å². The maximum Gasteiger partial charge on any atom is 0.326 e. The van der Waals surface area contributed by atoms with Gasteiger partial charge in [0.1, 0.15) is 12.1 Å². The molecule has 0 aliphatic carbocycles. The van der Waals surface area contributed by atoms with Crippen molar-refractivity contribution in [2.75, 3.05) is 6.61 Å². The van der Waals surface area contributed by atoms with Crippen LogP contribution in [0, 0.1) is 0 Å². The summed E-state index contributed by atoms with van der Waals surface area (Å²) < 4.78 is 5.29. The third kappa shape index (κ3) is 4.80. The van der Waals surface area contributed by atoms with Gasteiger partial charge >= 0.3 is 5.97 Å². The Kier molecular flexibility index (Phi) is 5.98. The summed E-state index contributed by atoms with van der Waals surface area (Å²) in [5.74, 6) is -1.59. The fourth-order valence-corrected chi connectivity index (χ4v) is 3.03. The molecular formula is C21H21NO5. The third-order valence-electron chi connectivity index (χ3n) is 4.53. The minimum absolute atomic E-state index is 0.0939. The zero-order valence-corrected chi connectivity index (χ0v) is 14.8. The number of hydrogen-bond acceptors (Lipinski definition) is 4. The normalized spacial score (nSPS) is 17.3. The Balaban J connectivity index is 1.65. The Hall–Kier alpha value is -2.99. The first kappa shape index (κ1) is 18.8. The molecule has 0 spiro atoms. The second-order valence-electron chi connectivity index (χ2n) is 6.50. The largest absolute Gasteiger partial charge is 0.480 e. The molecule has 0 radical (unpaired) electrons. The Morgan fingerprint density at radius 2 is 1.70 bits per heavy atom. The summed E-state index contributed by atoms with van der Waals surface area (Å²) in [6.07, 6.45) is 0.965. The van der Waals surface area contributed by atoms with Gasteiger partial charge in [-0.3, -0.25) is 9.59 Å². The Morgan fingerprint density at radius 1 is 1.04 bits per heavy atom. The van der Waals surface area contributed by atoms with Crippen molar-refractivity contribution in [1.82, 2.24) is 5.32 Å². The smallest absolute Gasteiger partial charge is 0.326 e. The van der Waals surface area contributed by atoms with E-state index in [1.165, 1.54) is 0 Å². The standard InChI is InChI=1S/C21H21NO5/c23-19(15-5-2-1-3-6-15)16-10-8-14(9-11-16)13-17(21(25)26)22-20(24)18-7-4-12-27-18/h1-3,5-6,8-11,17-18H,4,7,12-13H2,(H,22,24)(H,25,26)/t17-,18-/m0/s1. The molecule has 1 aliphatic rings. The first-order chi connectivity index (χ1) is 13.0. The fraction of sp³-hybridized carbons (Fsp3) is 0.286. The summed E-state index contributed by atoms with van der Waals surface area (Å²) in [5, 5.41) is 11.9. The molecule has 0 saturated carbocycles. The monoisotopic (exact) mass is 367 g/mol. The Labute approximate surface area is 157 Å². The summed E-state index contributed by atoms with van der Waals surface area (Å²) in [5.41, 5.74) is 1.84. The van der Waals surface area contributed by atoms with Gasteiger partial charge in [-0.2, -0.15) is 0 Å². The van der Waals surface area contributed by atoms with Crippen LogP contribution in [0.2, 0.25) is 0 Å². The predicted molar refractivity (Wildman–Crippen MR) is 98.6 cm³/mol. The van der Waals surface area contributed by atoms with Gasteiger partial charge in [-0.1, -0.05) is 54.6 Å². The number of ether oxygens (including phenoxy) is 1. The van der Waals surface area contributed by atoms with E-state index in [0.29, 0.717) is 24.2 Å². The summed E-state index contributed by atoms with van der Waals surface area (Å²) in [6, 6.07) is 14.7. The lowest BCUT2D eigenvalue weighted by molar-refractivity contribution is -0.143. The van der Waals surface area contributed by atoms with Crippen LogP contribution >= 0.6 is 0 Å². The first-order valence-corrected chi connectivity index (χ1v) is 8.88. The molecule has 1 aliphatic heterocycles. The molecular weight excluding hydrogens is 346 g/mol. The number of amides is 1. The van der Waals surface area contributed by atoms with Crippen LogP contribution in [-0.2, 0) is 20.7 Å². The van der Waals surface area contributed by atoms with Crippen molar-refractivity contribution < 1.29 is 24.2 Å². The van der Waals surface area contributed by atoms with Crippen LogP contribution in [0.25, 0.3) is 0 Å². The molecule has 1 fully saturated rings. The van der Waals surface area contributed by atoms with Gasteiger partial charge in [0, 0.05) is 24.2 Å². The lowest BCUT2D eigenvalue weighted by atomic mass is 9.99. The molecule has 6 nitrogen and oxygen atoms in total. The molecule has 2 atom stereocenters. The van der Waals surface area contributed by atoms with E-state index in [2.05, 4.69) is 5.32 Å². The number of carboxylic acids is 1. The number of ketones is 1. The number of rotatable bonds is 7. The third-order valence-corrected chi connectivity index (χ3v) is 4.53. The minimum Gasteiger partial charge on any atom is -0.480 e. The van der Waals surface area contributed by atoms with Crippen molar-refractivity contribution >= 4 is 17.7 Å². The maximum absolute atomic E-state index is 12.4. The van der Waals surface area contributed by atoms with Crippen molar-refractivity contribution in [2.24, 2.45) is 0 Å². The number of nitrogens with one attached hydrogen (secondary N) is 1. The van der Waals surface area contributed by atoms with Crippen LogP contribution < -0.4 is 5.32 Å². The summed E-state index contributed by atoms with van der Waals surface area (Å²) in [7, 11) is 0. The van der Waals surface area contributed by atoms with Gasteiger partial charge in [0.15, 0.2) is 5.78 Å². The first-order valence-electron chi connectivity index (χ1n) is 8.88. The highest BCUT2D eigenvalue weighted by Crippen LogP contribution is 2.14. The molecule has 3 rings (SSSR count). The number of carbonyl (C=O) groups is 3.